The third-order valence-electron chi connectivity index (χ3n) is 3.78. The molecule has 2 atom stereocenters. The minimum Gasteiger partial charge on any atom is -0.378 e. The summed E-state index contributed by atoms with van der Waals surface area (Å²) in [5.41, 5.74) is 0. The average Bonchev–Trinajstić information content (AvgIpc) is 2.25. The summed E-state index contributed by atoms with van der Waals surface area (Å²) in [5.74, 6) is 0.897. The zero-order chi connectivity index (χ0) is 10.7. The molecule has 0 aromatic carbocycles. The molecule has 15 heavy (non-hydrogen) atoms. The molecule has 0 saturated carbocycles. The van der Waals surface area contributed by atoms with Crippen LogP contribution in [0.3, 0.4) is 0 Å². The molecule has 2 saturated heterocycles. The first-order valence-corrected chi connectivity index (χ1v) is 6.31. The lowest BCUT2D eigenvalue weighted by Crippen LogP contribution is -2.52. The number of nitrogens with one attached hydrogen (secondary N) is 1. The molecule has 0 bridgehead atoms. The first kappa shape index (κ1) is 11.4. The summed E-state index contributed by atoms with van der Waals surface area (Å²) in [6.07, 6.45) is 2.69. The molecule has 0 aliphatic carbocycles. The number of morpholine rings is 1. The zero-order valence-electron chi connectivity index (χ0n) is 10.0. The summed E-state index contributed by atoms with van der Waals surface area (Å²) in [7, 11) is 0. The Hall–Kier alpha value is -0.120. The van der Waals surface area contributed by atoms with Crippen LogP contribution in [0, 0.1) is 5.92 Å². The van der Waals surface area contributed by atoms with Gasteiger partial charge in [0.2, 0.25) is 0 Å². The van der Waals surface area contributed by atoms with Crippen LogP contribution in [0.2, 0.25) is 0 Å². The zero-order valence-corrected chi connectivity index (χ0v) is 10.0. The van der Waals surface area contributed by atoms with Crippen molar-refractivity contribution in [3.8, 4) is 0 Å². The maximum Gasteiger partial charge on any atom is 0.0620 e. The van der Waals surface area contributed by atoms with Crippen molar-refractivity contribution < 1.29 is 4.74 Å². The first-order valence-electron chi connectivity index (χ1n) is 6.31. The lowest BCUT2D eigenvalue weighted by Gasteiger charge is -2.41. The van der Waals surface area contributed by atoms with E-state index in [4.69, 9.17) is 4.74 Å². The predicted octanol–water partition coefficient (Wildman–Crippen LogP) is 1.10. The van der Waals surface area contributed by atoms with Crippen LogP contribution in [0.4, 0.5) is 0 Å². The van der Waals surface area contributed by atoms with E-state index in [9.17, 15) is 0 Å². The van der Waals surface area contributed by atoms with E-state index in [-0.39, 0.29) is 0 Å². The van der Waals surface area contributed by atoms with Crippen LogP contribution >= 0.6 is 0 Å². The molecule has 2 rings (SSSR count). The summed E-state index contributed by atoms with van der Waals surface area (Å²) < 4.78 is 5.56. The van der Waals surface area contributed by atoms with Crippen molar-refractivity contribution in [3.05, 3.63) is 0 Å². The minimum atomic E-state index is 0.601. The number of rotatable bonds is 2. The fraction of sp³-hybridized carbons (Fsp3) is 1.00. The third-order valence-corrected chi connectivity index (χ3v) is 3.78. The van der Waals surface area contributed by atoms with Crippen molar-refractivity contribution >= 4 is 0 Å². The summed E-state index contributed by atoms with van der Waals surface area (Å²) in [4.78, 5) is 2.64. The van der Waals surface area contributed by atoms with E-state index < -0.39 is 0 Å². The van der Waals surface area contributed by atoms with Crippen molar-refractivity contribution in [3.63, 3.8) is 0 Å². The van der Waals surface area contributed by atoms with Gasteiger partial charge in [0.15, 0.2) is 0 Å². The van der Waals surface area contributed by atoms with Gasteiger partial charge < -0.3 is 10.1 Å². The summed E-state index contributed by atoms with van der Waals surface area (Å²) >= 11 is 0. The molecule has 2 aliphatic rings. The van der Waals surface area contributed by atoms with Gasteiger partial charge in [0.05, 0.1) is 13.2 Å². The number of hydrogen-bond acceptors (Lipinski definition) is 3. The highest BCUT2D eigenvalue weighted by atomic mass is 16.5. The van der Waals surface area contributed by atoms with E-state index in [1.54, 1.807) is 0 Å². The highest BCUT2D eigenvalue weighted by molar-refractivity contribution is 4.81. The molecule has 0 unspecified atom stereocenters. The monoisotopic (exact) mass is 212 g/mol. The maximum atomic E-state index is 5.56. The Morgan fingerprint density at radius 2 is 1.73 bits per heavy atom. The van der Waals surface area contributed by atoms with Gasteiger partial charge in [-0.2, -0.15) is 0 Å². The number of ether oxygens (including phenoxy) is 1. The Balaban J connectivity index is 1.84. The summed E-state index contributed by atoms with van der Waals surface area (Å²) in [6, 6.07) is 1.20. The van der Waals surface area contributed by atoms with E-state index in [1.165, 1.54) is 32.5 Å². The quantitative estimate of drug-likeness (QED) is 0.742. The molecular formula is C12H24N2O. The van der Waals surface area contributed by atoms with Crippen LogP contribution < -0.4 is 5.32 Å². The summed E-state index contributed by atoms with van der Waals surface area (Å²) in [5, 5.41) is 3.43. The Labute approximate surface area is 93.2 Å². The standard InChI is InChI=1S/C12H24N2O/c1-10-8-15-9-11(2)14(10)7-12-3-5-13-6-4-12/h10-13H,3-9H2,1-2H3/t10-,11-/m1/s1. The Morgan fingerprint density at radius 1 is 1.13 bits per heavy atom. The molecule has 0 aromatic rings. The van der Waals surface area contributed by atoms with E-state index in [0.717, 1.165) is 19.1 Å². The fourth-order valence-electron chi connectivity index (χ4n) is 2.76. The van der Waals surface area contributed by atoms with Crippen LogP contribution in [-0.4, -0.2) is 49.8 Å². The van der Waals surface area contributed by atoms with Crippen molar-refractivity contribution in [2.45, 2.75) is 38.8 Å². The number of nitrogens with zero attached hydrogens (tertiary/aromatic N) is 1. The average molecular weight is 212 g/mol. The van der Waals surface area contributed by atoms with Gasteiger partial charge in [0.25, 0.3) is 0 Å². The normalized spacial score (nSPS) is 35.6. The molecule has 3 heteroatoms. The van der Waals surface area contributed by atoms with Crippen LogP contribution in [0.1, 0.15) is 26.7 Å². The van der Waals surface area contributed by atoms with Gasteiger partial charge in [-0.15, -0.1) is 0 Å². The van der Waals surface area contributed by atoms with E-state index in [1.807, 2.05) is 0 Å². The molecular weight excluding hydrogens is 188 g/mol. The fourth-order valence-corrected chi connectivity index (χ4v) is 2.76. The van der Waals surface area contributed by atoms with E-state index in [2.05, 4.69) is 24.1 Å². The van der Waals surface area contributed by atoms with Crippen molar-refractivity contribution in [2.24, 2.45) is 5.92 Å². The highest BCUT2D eigenvalue weighted by Crippen LogP contribution is 2.19. The largest absolute Gasteiger partial charge is 0.378 e. The van der Waals surface area contributed by atoms with E-state index in [0.29, 0.717) is 12.1 Å². The minimum absolute atomic E-state index is 0.601. The molecule has 2 fully saturated rings. The Kier molecular flexibility index (Phi) is 4.00. The van der Waals surface area contributed by atoms with Gasteiger partial charge in [0, 0.05) is 18.6 Å². The van der Waals surface area contributed by atoms with Crippen molar-refractivity contribution in [2.75, 3.05) is 32.8 Å². The molecule has 0 amide bonds. The van der Waals surface area contributed by atoms with Gasteiger partial charge in [-0.05, 0) is 45.7 Å². The Morgan fingerprint density at radius 3 is 2.33 bits per heavy atom. The van der Waals surface area contributed by atoms with Gasteiger partial charge in [-0.3, -0.25) is 4.90 Å². The number of piperidine rings is 1. The Bertz CT molecular complexity index is 182. The molecule has 3 nitrogen and oxygen atoms in total. The molecule has 88 valence electrons. The molecule has 0 aromatic heterocycles. The van der Waals surface area contributed by atoms with Crippen molar-refractivity contribution in [1.82, 2.24) is 10.2 Å². The second-order valence-electron chi connectivity index (χ2n) is 5.13. The summed E-state index contributed by atoms with van der Waals surface area (Å²) in [6.45, 7) is 10.1. The van der Waals surface area contributed by atoms with Gasteiger partial charge >= 0.3 is 0 Å². The van der Waals surface area contributed by atoms with Crippen LogP contribution in [0.15, 0.2) is 0 Å². The predicted molar refractivity (Wildman–Crippen MR) is 62.0 cm³/mol. The van der Waals surface area contributed by atoms with Crippen LogP contribution in [-0.2, 0) is 4.74 Å². The van der Waals surface area contributed by atoms with Gasteiger partial charge in [-0.1, -0.05) is 0 Å². The SMILES string of the molecule is C[C@@H]1COC[C@@H](C)N1CC1CCNCC1. The number of hydrogen-bond donors (Lipinski definition) is 1. The first-order chi connectivity index (χ1) is 7.27. The van der Waals surface area contributed by atoms with Crippen LogP contribution in [0.25, 0.3) is 0 Å². The third kappa shape index (κ3) is 2.92. The molecule has 1 N–H and O–H groups in total. The van der Waals surface area contributed by atoms with Gasteiger partial charge in [-0.25, -0.2) is 0 Å². The lowest BCUT2D eigenvalue weighted by molar-refractivity contribution is -0.0447. The molecule has 0 spiro atoms. The molecule has 2 heterocycles. The highest BCUT2D eigenvalue weighted by Gasteiger charge is 2.27. The second-order valence-corrected chi connectivity index (χ2v) is 5.13. The van der Waals surface area contributed by atoms with Crippen molar-refractivity contribution in [1.29, 1.82) is 0 Å². The molecule has 0 radical (unpaired) electrons. The topological polar surface area (TPSA) is 24.5 Å². The van der Waals surface area contributed by atoms with Crippen LogP contribution in [0.5, 0.6) is 0 Å². The molecule has 2 aliphatic heterocycles. The smallest absolute Gasteiger partial charge is 0.0620 e. The van der Waals surface area contributed by atoms with E-state index >= 15 is 0 Å². The lowest BCUT2D eigenvalue weighted by atomic mass is 9.96. The maximum absolute atomic E-state index is 5.56. The second kappa shape index (κ2) is 5.28. The van der Waals surface area contributed by atoms with Gasteiger partial charge in [0.1, 0.15) is 0 Å².